The van der Waals surface area contributed by atoms with E-state index in [0.29, 0.717) is 6.04 Å². The molecular formula is C20H24N6. The highest BCUT2D eigenvalue weighted by molar-refractivity contribution is 5.86. The summed E-state index contributed by atoms with van der Waals surface area (Å²) in [6.45, 7) is 3.25. The van der Waals surface area contributed by atoms with Gasteiger partial charge in [0.15, 0.2) is 5.65 Å². The highest BCUT2D eigenvalue weighted by Crippen LogP contribution is 2.33. The van der Waals surface area contributed by atoms with Crippen molar-refractivity contribution in [1.82, 2.24) is 19.7 Å². The fraction of sp³-hybridized carbons (Fsp3) is 0.450. The molecule has 0 unspecified atom stereocenters. The number of nitrogens with zero attached hydrogens (tertiary/aromatic N) is 6. The molecule has 6 heteroatoms. The molecule has 0 atom stereocenters. The largest absolute Gasteiger partial charge is 0.368 e. The Bertz CT molecular complexity index is 925. The lowest BCUT2D eigenvalue weighted by Gasteiger charge is -2.42. The zero-order chi connectivity index (χ0) is 17.5. The molecular weight excluding hydrogens is 324 g/mol. The Balaban J connectivity index is 1.35. The molecule has 2 aromatic heterocycles. The quantitative estimate of drug-likeness (QED) is 0.713. The van der Waals surface area contributed by atoms with Crippen molar-refractivity contribution in [3.05, 3.63) is 42.4 Å². The van der Waals surface area contributed by atoms with E-state index in [2.05, 4.69) is 49.1 Å². The van der Waals surface area contributed by atoms with Gasteiger partial charge < -0.3 is 9.80 Å². The van der Waals surface area contributed by atoms with Gasteiger partial charge in [-0.25, -0.2) is 9.97 Å². The lowest BCUT2D eigenvalue weighted by atomic mass is 9.96. The fourth-order valence-corrected chi connectivity index (χ4v) is 4.53. The topological polar surface area (TPSA) is 50.1 Å². The van der Waals surface area contributed by atoms with Crippen LogP contribution in [0.4, 0.5) is 11.5 Å². The van der Waals surface area contributed by atoms with Crippen molar-refractivity contribution in [3.8, 4) is 0 Å². The van der Waals surface area contributed by atoms with Crippen LogP contribution in [0.25, 0.3) is 11.0 Å². The molecule has 0 radical (unpaired) electrons. The summed E-state index contributed by atoms with van der Waals surface area (Å²) in [5.41, 5.74) is 3.87. The number of aromatic nitrogens is 4. The van der Waals surface area contributed by atoms with E-state index < -0.39 is 0 Å². The van der Waals surface area contributed by atoms with Gasteiger partial charge in [0, 0.05) is 38.4 Å². The summed E-state index contributed by atoms with van der Waals surface area (Å²) in [6, 6.07) is 9.55. The Morgan fingerprint density at radius 2 is 1.88 bits per heavy atom. The molecule has 0 spiro atoms. The molecule has 1 saturated heterocycles. The average Bonchev–Trinajstić information content (AvgIpc) is 3.09. The van der Waals surface area contributed by atoms with E-state index in [9.17, 15) is 0 Å². The molecule has 134 valence electrons. The van der Waals surface area contributed by atoms with Gasteiger partial charge in [-0.1, -0.05) is 18.2 Å². The molecule has 6 nitrogen and oxygen atoms in total. The highest BCUT2D eigenvalue weighted by atomic mass is 15.3. The average molecular weight is 348 g/mol. The number of aryl methyl sites for hydroxylation is 2. The molecule has 2 aliphatic heterocycles. The minimum Gasteiger partial charge on any atom is -0.368 e. The standard InChI is InChI=1S/C20H24N6/c1-24-19-17(13-23-24)20(22-14-21-19)25-11-8-16(9-12-25)26-10-4-6-15-5-2-3-7-18(15)26/h2-3,5,7,13-14,16H,4,6,8-12H2,1H3. The molecule has 0 N–H and O–H groups in total. The first-order valence-corrected chi connectivity index (χ1v) is 9.53. The maximum absolute atomic E-state index is 4.57. The summed E-state index contributed by atoms with van der Waals surface area (Å²) < 4.78 is 1.82. The van der Waals surface area contributed by atoms with Crippen LogP contribution in [0, 0.1) is 0 Å². The zero-order valence-electron chi connectivity index (χ0n) is 15.2. The summed E-state index contributed by atoms with van der Waals surface area (Å²) >= 11 is 0. The van der Waals surface area contributed by atoms with Crippen molar-refractivity contribution in [1.29, 1.82) is 0 Å². The van der Waals surface area contributed by atoms with Crippen LogP contribution in [0.2, 0.25) is 0 Å². The van der Waals surface area contributed by atoms with Crippen LogP contribution in [-0.4, -0.2) is 45.4 Å². The highest BCUT2D eigenvalue weighted by Gasteiger charge is 2.29. The maximum Gasteiger partial charge on any atom is 0.163 e. The van der Waals surface area contributed by atoms with E-state index in [1.165, 1.54) is 43.5 Å². The third-order valence-corrected chi connectivity index (χ3v) is 5.86. The molecule has 1 fully saturated rings. The molecule has 0 bridgehead atoms. The first-order chi connectivity index (χ1) is 12.8. The minimum atomic E-state index is 0.624. The summed E-state index contributed by atoms with van der Waals surface area (Å²) in [4.78, 5) is 14.0. The Morgan fingerprint density at radius 3 is 2.77 bits per heavy atom. The maximum atomic E-state index is 4.57. The molecule has 0 amide bonds. The molecule has 2 aliphatic rings. The van der Waals surface area contributed by atoms with Gasteiger partial charge in [-0.05, 0) is 37.3 Å². The van der Waals surface area contributed by atoms with Crippen LogP contribution in [0.5, 0.6) is 0 Å². The van der Waals surface area contributed by atoms with Crippen molar-refractivity contribution in [2.45, 2.75) is 31.7 Å². The molecule has 1 aromatic carbocycles. The zero-order valence-corrected chi connectivity index (χ0v) is 15.2. The second-order valence-electron chi connectivity index (χ2n) is 7.35. The first-order valence-electron chi connectivity index (χ1n) is 9.53. The van der Waals surface area contributed by atoms with Gasteiger partial charge in [0.05, 0.1) is 11.6 Å². The lowest BCUT2D eigenvalue weighted by molar-refractivity contribution is 0.453. The lowest BCUT2D eigenvalue weighted by Crippen LogP contribution is -2.47. The first kappa shape index (κ1) is 15.6. The fourth-order valence-electron chi connectivity index (χ4n) is 4.53. The van der Waals surface area contributed by atoms with Gasteiger partial charge in [0.1, 0.15) is 12.1 Å². The summed E-state index contributed by atoms with van der Waals surface area (Å²) in [5.74, 6) is 1.03. The molecule has 0 saturated carbocycles. The van der Waals surface area contributed by atoms with Crippen LogP contribution in [-0.2, 0) is 13.5 Å². The number of anilines is 2. The number of hydrogen-bond donors (Lipinski definition) is 0. The Labute approximate surface area is 153 Å². The molecule has 4 heterocycles. The third kappa shape index (κ3) is 2.52. The summed E-state index contributed by atoms with van der Waals surface area (Å²) in [7, 11) is 1.93. The van der Waals surface area contributed by atoms with E-state index in [-0.39, 0.29) is 0 Å². The number of hydrogen-bond acceptors (Lipinski definition) is 5. The molecule has 0 aliphatic carbocycles. The number of piperidine rings is 1. The smallest absolute Gasteiger partial charge is 0.163 e. The predicted octanol–water partition coefficient (Wildman–Crippen LogP) is 2.78. The van der Waals surface area contributed by atoms with Gasteiger partial charge in [0.25, 0.3) is 0 Å². The molecule has 5 rings (SSSR count). The van der Waals surface area contributed by atoms with Crippen molar-refractivity contribution in [2.24, 2.45) is 7.05 Å². The normalized spacial score (nSPS) is 18.3. The van der Waals surface area contributed by atoms with Crippen molar-refractivity contribution >= 4 is 22.5 Å². The van der Waals surface area contributed by atoms with Crippen LogP contribution in [0.1, 0.15) is 24.8 Å². The second-order valence-corrected chi connectivity index (χ2v) is 7.35. The van der Waals surface area contributed by atoms with E-state index in [4.69, 9.17) is 0 Å². The monoisotopic (exact) mass is 348 g/mol. The second kappa shape index (κ2) is 6.27. The van der Waals surface area contributed by atoms with Crippen LogP contribution < -0.4 is 9.80 Å². The van der Waals surface area contributed by atoms with Crippen LogP contribution in [0.15, 0.2) is 36.8 Å². The van der Waals surface area contributed by atoms with E-state index in [1.54, 1.807) is 6.33 Å². The molecule has 26 heavy (non-hydrogen) atoms. The third-order valence-electron chi connectivity index (χ3n) is 5.86. The Kier molecular flexibility index (Phi) is 3.76. The summed E-state index contributed by atoms with van der Waals surface area (Å²) in [5, 5.41) is 5.40. The van der Waals surface area contributed by atoms with E-state index in [0.717, 1.165) is 29.9 Å². The number of para-hydroxylation sites is 1. The van der Waals surface area contributed by atoms with Gasteiger partial charge in [-0.2, -0.15) is 5.10 Å². The Hall–Kier alpha value is -2.63. The minimum absolute atomic E-state index is 0.624. The predicted molar refractivity (Wildman–Crippen MR) is 104 cm³/mol. The molecule has 3 aromatic rings. The van der Waals surface area contributed by atoms with Crippen molar-refractivity contribution in [3.63, 3.8) is 0 Å². The van der Waals surface area contributed by atoms with Gasteiger partial charge in [-0.3, -0.25) is 4.68 Å². The Morgan fingerprint density at radius 1 is 1.04 bits per heavy atom. The number of benzene rings is 1. The summed E-state index contributed by atoms with van der Waals surface area (Å²) in [6.07, 6.45) is 8.36. The number of rotatable bonds is 2. The van der Waals surface area contributed by atoms with Gasteiger partial charge >= 0.3 is 0 Å². The number of fused-ring (bicyclic) bond motifs is 2. The van der Waals surface area contributed by atoms with Crippen molar-refractivity contribution in [2.75, 3.05) is 29.4 Å². The van der Waals surface area contributed by atoms with Crippen LogP contribution >= 0.6 is 0 Å². The SMILES string of the molecule is Cn1ncc2c(N3CCC(N4CCCc5ccccc54)CC3)ncnc21. The van der Waals surface area contributed by atoms with Crippen LogP contribution in [0.3, 0.4) is 0 Å². The van der Waals surface area contributed by atoms with Crippen molar-refractivity contribution < 1.29 is 0 Å². The van der Waals surface area contributed by atoms with Gasteiger partial charge in [0.2, 0.25) is 0 Å². The van der Waals surface area contributed by atoms with Gasteiger partial charge in [-0.15, -0.1) is 0 Å². The van der Waals surface area contributed by atoms with E-state index in [1.807, 2.05) is 17.9 Å². The van der Waals surface area contributed by atoms with E-state index >= 15 is 0 Å².